The van der Waals surface area contributed by atoms with Crippen LogP contribution in [0.25, 0.3) is 0 Å². The Balaban J connectivity index is 1.70. The lowest BCUT2D eigenvalue weighted by atomic mass is 9.97. The molecular weight excluding hydrogens is 520 g/mol. The molecule has 14 heteroatoms. The van der Waals surface area contributed by atoms with Crippen molar-refractivity contribution in [1.29, 1.82) is 0 Å². The molecule has 1 heterocycles. The van der Waals surface area contributed by atoms with Crippen LogP contribution in [0.4, 0.5) is 25.0 Å². The molecule has 0 radical (unpaired) electrons. The molecule has 3 N–H and O–H groups in total. The van der Waals surface area contributed by atoms with Gasteiger partial charge < -0.3 is 9.84 Å². The number of halogens is 2. The Morgan fingerprint density at radius 2 is 1.81 bits per heavy atom. The van der Waals surface area contributed by atoms with Crippen LogP contribution in [0.2, 0.25) is 0 Å². The van der Waals surface area contributed by atoms with Gasteiger partial charge in [-0.3, -0.25) is 9.62 Å². The molecular formula is C22H25F2N3O7S2. The topological polar surface area (TPSA) is 142 Å². The van der Waals surface area contributed by atoms with Crippen molar-refractivity contribution < 1.29 is 40.3 Å². The van der Waals surface area contributed by atoms with Crippen LogP contribution in [0.5, 0.6) is 5.75 Å². The zero-order valence-electron chi connectivity index (χ0n) is 19.4. The fourth-order valence-corrected chi connectivity index (χ4v) is 7.36. The van der Waals surface area contributed by atoms with Gasteiger partial charge >= 0.3 is 6.09 Å². The highest BCUT2D eigenvalue weighted by Crippen LogP contribution is 2.40. The number of fused-ring (bicyclic) bond motifs is 1. The number of benzene rings is 2. The SMILES string of the molecule is CC(C)(CC1CN(S(=O)(=O)c2ccc(F)c(F)c2)c2cc(NC(=O)O)ccc2O1)NS(=O)(=O)C1CC1. The van der Waals surface area contributed by atoms with E-state index in [0.717, 1.165) is 10.4 Å². The van der Waals surface area contributed by atoms with E-state index >= 15 is 0 Å². The van der Waals surface area contributed by atoms with Crippen molar-refractivity contribution in [3.8, 4) is 5.75 Å². The second-order valence-corrected chi connectivity index (χ2v) is 13.2. The van der Waals surface area contributed by atoms with Gasteiger partial charge in [0, 0.05) is 17.6 Å². The van der Waals surface area contributed by atoms with Crippen LogP contribution in [0.3, 0.4) is 0 Å². The highest BCUT2D eigenvalue weighted by Gasteiger charge is 2.42. The molecule has 10 nitrogen and oxygen atoms in total. The molecule has 36 heavy (non-hydrogen) atoms. The number of hydrogen-bond acceptors (Lipinski definition) is 6. The Kier molecular flexibility index (Phi) is 6.64. The molecule has 2 aromatic rings. The molecule has 1 aliphatic heterocycles. The van der Waals surface area contributed by atoms with E-state index in [1.165, 1.54) is 18.2 Å². The van der Waals surface area contributed by atoms with Gasteiger partial charge in [0.25, 0.3) is 10.0 Å². The average Bonchev–Trinajstić information content (AvgIpc) is 3.60. The van der Waals surface area contributed by atoms with Crippen molar-refractivity contribution in [1.82, 2.24) is 4.72 Å². The number of carboxylic acid groups (broad SMARTS) is 1. The van der Waals surface area contributed by atoms with E-state index in [2.05, 4.69) is 10.0 Å². The molecule has 0 spiro atoms. The Labute approximate surface area is 207 Å². The minimum absolute atomic E-state index is 0.0152. The fraction of sp³-hybridized carbons (Fsp3) is 0.409. The smallest absolute Gasteiger partial charge is 0.409 e. The van der Waals surface area contributed by atoms with Gasteiger partial charge in [-0.1, -0.05) is 0 Å². The minimum atomic E-state index is -4.45. The standard InChI is InChI=1S/C22H25F2N3O7S2/c1-22(2,26-35(30,31)15-4-5-15)11-14-12-27(36(32,33)16-6-7-17(23)18(24)10-16)19-9-13(25-21(28)29)3-8-20(19)34-14/h3,6-10,14-15,25-26H,4-5,11-12H2,1-2H3,(H,28,29). The number of anilines is 2. The summed E-state index contributed by atoms with van der Waals surface area (Å²) in [4.78, 5) is 10.6. The molecule has 2 aromatic carbocycles. The molecule has 0 saturated heterocycles. The predicted octanol–water partition coefficient (Wildman–Crippen LogP) is 3.26. The Hall–Kier alpha value is -2.97. The van der Waals surface area contributed by atoms with Crippen LogP contribution >= 0.6 is 0 Å². The summed E-state index contributed by atoms with van der Waals surface area (Å²) in [5, 5.41) is 10.7. The van der Waals surface area contributed by atoms with E-state index in [4.69, 9.17) is 9.84 Å². The summed E-state index contributed by atoms with van der Waals surface area (Å²) in [5.74, 6) is -2.47. The van der Waals surface area contributed by atoms with Crippen LogP contribution in [0, 0.1) is 11.6 Å². The molecule has 2 aliphatic rings. The van der Waals surface area contributed by atoms with Gasteiger partial charge in [0.1, 0.15) is 11.9 Å². The summed E-state index contributed by atoms with van der Waals surface area (Å²) in [7, 11) is -8.00. The number of ether oxygens (including phenoxy) is 1. The first-order chi connectivity index (χ1) is 16.7. The van der Waals surface area contributed by atoms with Crippen molar-refractivity contribution in [3.05, 3.63) is 48.0 Å². The number of hydrogen-bond donors (Lipinski definition) is 3. The third kappa shape index (κ3) is 5.55. The first-order valence-corrected chi connectivity index (χ1v) is 14.0. The van der Waals surface area contributed by atoms with E-state index in [1.54, 1.807) is 13.8 Å². The number of sulfonamides is 2. The van der Waals surface area contributed by atoms with Crippen LogP contribution in [-0.4, -0.2) is 51.5 Å². The average molecular weight is 546 g/mol. The molecule has 1 atom stereocenters. The quantitative estimate of drug-likeness (QED) is 0.462. The number of carbonyl (C=O) groups is 1. The van der Waals surface area contributed by atoms with Crippen LogP contribution in [-0.2, 0) is 20.0 Å². The van der Waals surface area contributed by atoms with Crippen molar-refractivity contribution in [2.24, 2.45) is 0 Å². The molecule has 4 rings (SSSR count). The van der Waals surface area contributed by atoms with Gasteiger partial charge in [0.05, 0.1) is 22.4 Å². The lowest BCUT2D eigenvalue weighted by Crippen LogP contribution is -2.51. The number of nitrogens with one attached hydrogen (secondary N) is 2. The summed E-state index contributed by atoms with van der Waals surface area (Å²) in [5.41, 5.74) is -0.948. The lowest BCUT2D eigenvalue weighted by molar-refractivity contribution is 0.159. The van der Waals surface area contributed by atoms with Crippen LogP contribution in [0.15, 0.2) is 41.3 Å². The summed E-state index contributed by atoms with van der Waals surface area (Å²) in [6.07, 6.45) is -0.966. The molecule has 1 saturated carbocycles. The van der Waals surface area contributed by atoms with Gasteiger partial charge in [0.15, 0.2) is 11.6 Å². The van der Waals surface area contributed by atoms with Gasteiger partial charge in [-0.05, 0) is 63.1 Å². The summed E-state index contributed by atoms with van der Waals surface area (Å²) >= 11 is 0. The first-order valence-electron chi connectivity index (χ1n) is 11.0. The normalized spacial score (nSPS) is 18.3. The van der Waals surface area contributed by atoms with Crippen molar-refractivity contribution >= 4 is 37.5 Å². The lowest BCUT2D eigenvalue weighted by Gasteiger charge is -2.39. The fourth-order valence-electron chi connectivity index (χ4n) is 4.07. The van der Waals surface area contributed by atoms with Crippen molar-refractivity contribution in [3.63, 3.8) is 0 Å². The largest absolute Gasteiger partial charge is 0.486 e. The summed E-state index contributed by atoms with van der Waals surface area (Å²) in [6, 6.07) is 6.17. The van der Waals surface area contributed by atoms with E-state index in [-0.39, 0.29) is 30.1 Å². The molecule has 1 unspecified atom stereocenters. The maximum absolute atomic E-state index is 13.9. The second kappa shape index (κ2) is 9.16. The third-order valence-electron chi connectivity index (χ3n) is 5.74. The zero-order valence-corrected chi connectivity index (χ0v) is 21.0. The van der Waals surface area contributed by atoms with Crippen LogP contribution < -0.4 is 19.1 Å². The highest BCUT2D eigenvalue weighted by molar-refractivity contribution is 7.92. The van der Waals surface area contributed by atoms with Gasteiger partial charge in [0.2, 0.25) is 10.0 Å². The van der Waals surface area contributed by atoms with Gasteiger partial charge in [-0.15, -0.1) is 0 Å². The molecule has 0 bridgehead atoms. The van der Waals surface area contributed by atoms with Gasteiger partial charge in [-0.25, -0.2) is 35.1 Å². The van der Waals surface area contributed by atoms with Crippen LogP contribution in [0.1, 0.15) is 33.1 Å². The second-order valence-electron chi connectivity index (χ2n) is 9.40. The van der Waals surface area contributed by atoms with E-state index in [0.29, 0.717) is 25.0 Å². The zero-order chi connectivity index (χ0) is 26.5. The summed E-state index contributed by atoms with van der Waals surface area (Å²) < 4.78 is 88.9. The maximum atomic E-state index is 13.9. The monoisotopic (exact) mass is 545 g/mol. The van der Waals surface area contributed by atoms with Crippen molar-refractivity contribution in [2.45, 2.75) is 54.9 Å². The van der Waals surface area contributed by atoms with E-state index < -0.39 is 59.6 Å². The first kappa shape index (κ1) is 26.1. The number of nitrogens with zero attached hydrogens (tertiary/aromatic N) is 1. The molecule has 1 fully saturated rings. The number of amides is 1. The minimum Gasteiger partial charge on any atom is -0.486 e. The van der Waals surface area contributed by atoms with Crippen molar-refractivity contribution in [2.75, 3.05) is 16.2 Å². The number of rotatable bonds is 8. The summed E-state index contributed by atoms with van der Waals surface area (Å²) in [6.45, 7) is 3.01. The molecule has 1 amide bonds. The third-order valence-corrected chi connectivity index (χ3v) is 9.70. The van der Waals surface area contributed by atoms with E-state index in [1.807, 2.05) is 0 Å². The Bertz CT molecular complexity index is 1410. The van der Waals surface area contributed by atoms with Gasteiger partial charge in [-0.2, -0.15) is 0 Å². The maximum Gasteiger partial charge on any atom is 0.409 e. The molecule has 1 aliphatic carbocycles. The Morgan fingerprint density at radius 1 is 1.11 bits per heavy atom. The molecule has 0 aromatic heterocycles. The molecule has 196 valence electrons. The van der Waals surface area contributed by atoms with E-state index in [9.17, 15) is 30.4 Å². The predicted molar refractivity (Wildman–Crippen MR) is 127 cm³/mol. The highest BCUT2D eigenvalue weighted by atomic mass is 32.2. The Morgan fingerprint density at radius 3 is 2.42 bits per heavy atom.